The third kappa shape index (κ3) is 13.0. The predicted molar refractivity (Wildman–Crippen MR) is 167 cm³/mol. The molecule has 0 saturated carbocycles. The molecule has 47 heavy (non-hydrogen) atoms. The number of hydrogen-bond acceptors (Lipinski definition) is 10. The van der Waals surface area contributed by atoms with Crippen LogP contribution in [0.2, 0.25) is 0 Å². The Labute approximate surface area is 272 Å². The van der Waals surface area contributed by atoms with Gasteiger partial charge in [0, 0.05) is 0 Å². The minimum Gasteiger partial charge on any atom is -0.481 e. The number of aliphatic hydroxyl groups excluding tert-OH is 4. The van der Waals surface area contributed by atoms with Crippen LogP contribution in [-0.4, -0.2) is 98.4 Å². The van der Waals surface area contributed by atoms with E-state index in [0.717, 1.165) is 5.56 Å². The molecule has 9 N–H and O–H groups in total. The Kier molecular flexibility index (Phi) is 15.8. The van der Waals surface area contributed by atoms with Crippen molar-refractivity contribution in [1.82, 2.24) is 21.3 Å². The summed E-state index contributed by atoms with van der Waals surface area (Å²) in [6.45, 7) is 3.98. The number of aliphatic carboxylic acids is 1. The summed E-state index contributed by atoms with van der Waals surface area (Å²) < 4.78 is 5.11. The number of carboxylic acid groups (broad SMARTS) is 1. The van der Waals surface area contributed by atoms with Gasteiger partial charge in [-0.3, -0.25) is 19.2 Å². The highest BCUT2D eigenvalue weighted by atomic mass is 16.5. The monoisotopic (exact) mass is 660 g/mol. The Morgan fingerprint density at radius 3 is 1.89 bits per heavy atom. The Bertz CT molecular complexity index is 1310. The molecule has 0 aliphatic heterocycles. The normalized spacial score (nSPS) is 15.6. The van der Waals surface area contributed by atoms with Gasteiger partial charge in [-0.05, 0) is 30.4 Å². The molecule has 258 valence electrons. The average molecular weight is 661 g/mol. The standard InChI is InChI=1S/C32H44N4O11/c1-18(2)14-23(35-29(43)19(3)33-32(46)47-17-20-10-6-4-7-11-20)30(44)36-24(16-37)26(40)27(41)28(42)31(45)34-22(15-25(38)39)21-12-8-5-9-13-21/h4-13,18-19,22-24,26-28,37,40-42H,14-17H2,1-3H3,(H,33,46)(H,34,45)(H,35,43)(H,36,44)(H,38,39)/t19-,22-,23-,24-,26+,27+,28-/m0/s1. The van der Waals surface area contributed by atoms with Crippen molar-refractivity contribution in [2.24, 2.45) is 5.92 Å². The van der Waals surface area contributed by atoms with Crippen LogP contribution in [0.15, 0.2) is 60.7 Å². The number of carbonyl (C=O) groups is 5. The number of alkyl carbamates (subject to hydrolysis) is 1. The predicted octanol–water partition coefficient (Wildman–Crippen LogP) is -0.276. The number of ether oxygens (including phenoxy) is 1. The highest BCUT2D eigenvalue weighted by Gasteiger charge is 2.37. The van der Waals surface area contributed by atoms with Gasteiger partial charge in [0.1, 0.15) is 30.9 Å². The lowest BCUT2D eigenvalue weighted by Gasteiger charge is -2.31. The maximum absolute atomic E-state index is 13.2. The molecule has 2 aromatic carbocycles. The van der Waals surface area contributed by atoms with Gasteiger partial charge in [0.05, 0.1) is 25.1 Å². The highest BCUT2D eigenvalue weighted by Crippen LogP contribution is 2.18. The molecular formula is C32H44N4O11. The van der Waals surface area contributed by atoms with Crippen LogP contribution in [0.5, 0.6) is 0 Å². The van der Waals surface area contributed by atoms with E-state index in [1.165, 1.54) is 6.92 Å². The maximum Gasteiger partial charge on any atom is 0.408 e. The quantitative estimate of drug-likeness (QED) is 0.101. The molecule has 2 rings (SSSR count). The zero-order valence-corrected chi connectivity index (χ0v) is 26.4. The number of aliphatic hydroxyl groups is 4. The molecule has 0 heterocycles. The van der Waals surface area contributed by atoms with Crippen molar-refractivity contribution in [3.05, 3.63) is 71.8 Å². The van der Waals surface area contributed by atoms with E-state index in [1.807, 2.05) is 6.07 Å². The van der Waals surface area contributed by atoms with Crippen LogP contribution in [0, 0.1) is 5.92 Å². The minimum absolute atomic E-state index is 0.0254. The molecule has 0 saturated heterocycles. The van der Waals surface area contributed by atoms with Crippen molar-refractivity contribution >= 4 is 29.8 Å². The van der Waals surface area contributed by atoms with Crippen LogP contribution in [0.3, 0.4) is 0 Å². The lowest BCUT2D eigenvalue weighted by molar-refractivity contribution is -0.145. The van der Waals surface area contributed by atoms with Crippen LogP contribution in [0.4, 0.5) is 4.79 Å². The van der Waals surface area contributed by atoms with E-state index >= 15 is 0 Å². The van der Waals surface area contributed by atoms with Gasteiger partial charge in [0.2, 0.25) is 11.8 Å². The van der Waals surface area contributed by atoms with E-state index < -0.39 is 85.3 Å². The van der Waals surface area contributed by atoms with Crippen molar-refractivity contribution in [2.75, 3.05) is 6.61 Å². The molecule has 0 spiro atoms. The summed E-state index contributed by atoms with van der Waals surface area (Å²) in [5.74, 6) is -4.16. The molecule has 15 nitrogen and oxygen atoms in total. The number of nitrogens with one attached hydrogen (secondary N) is 4. The smallest absolute Gasteiger partial charge is 0.408 e. The second-order valence-corrected chi connectivity index (χ2v) is 11.4. The van der Waals surface area contributed by atoms with Gasteiger partial charge in [-0.1, -0.05) is 74.5 Å². The summed E-state index contributed by atoms with van der Waals surface area (Å²) in [5, 5.41) is 60.4. The SMILES string of the molecule is CC(C)C[C@H](NC(=O)[C@H](C)NC(=O)OCc1ccccc1)C(=O)N[C@@H](CO)[C@@H](O)[C@@H](O)[C@H](O)C(=O)N[C@@H](CC(=O)O)c1ccccc1. The van der Waals surface area contributed by atoms with E-state index in [2.05, 4.69) is 21.3 Å². The number of amides is 4. The zero-order chi connectivity index (χ0) is 35.1. The van der Waals surface area contributed by atoms with E-state index in [1.54, 1.807) is 68.4 Å². The van der Waals surface area contributed by atoms with Gasteiger partial charge in [-0.25, -0.2) is 4.79 Å². The molecule has 2 aromatic rings. The maximum atomic E-state index is 13.2. The first-order valence-corrected chi connectivity index (χ1v) is 15.0. The van der Waals surface area contributed by atoms with Crippen LogP contribution >= 0.6 is 0 Å². The van der Waals surface area contributed by atoms with Crippen LogP contribution in [-0.2, 0) is 30.5 Å². The third-order valence-corrected chi connectivity index (χ3v) is 7.06. The zero-order valence-electron chi connectivity index (χ0n) is 26.4. The Hall–Kier alpha value is -4.57. The van der Waals surface area contributed by atoms with E-state index in [0.29, 0.717) is 5.56 Å². The summed E-state index contributed by atoms with van der Waals surface area (Å²) >= 11 is 0. The fraction of sp³-hybridized carbons (Fsp3) is 0.469. The van der Waals surface area contributed by atoms with Crippen molar-refractivity contribution in [2.45, 2.75) is 82.7 Å². The number of benzene rings is 2. The van der Waals surface area contributed by atoms with Gasteiger partial charge in [0.15, 0.2) is 6.10 Å². The number of carbonyl (C=O) groups excluding carboxylic acids is 4. The van der Waals surface area contributed by atoms with Crippen LogP contribution in [0.25, 0.3) is 0 Å². The molecule has 4 amide bonds. The van der Waals surface area contributed by atoms with Crippen LogP contribution in [0.1, 0.15) is 50.8 Å². The van der Waals surface area contributed by atoms with Crippen LogP contribution < -0.4 is 21.3 Å². The first-order chi connectivity index (χ1) is 22.2. The number of hydrogen-bond donors (Lipinski definition) is 9. The topological polar surface area (TPSA) is 244 Å². The fourth-order valence-electron chi connectivity index (χ4n) is 4.48. The fourth-order valence-corrected chi connectivity index (χ4v) is 4.48. The second kappa shape index (κ2) is 19.2. The Morgan fingerprint density at radius 2 is 1.34 bits per heavy atom. The van der Waals surface area contributed by atoms with Crippen molar-refractivity contribution in [3.8, 4) is 0 Å². The lowest BCUT2D eigenvalue weighted by Crippen LogP contribution is -2.60. The minimum atomic E-state index is -2.28. The molecule has 0 aliphatic carbocycles. The van der Waals surface area contributed by atoms with Gasteiger partial charge >= 0.3 is 12.1 Å². The summed E-state index contributed by atoms with van der Waals surface area (Å²) in [4.78, 5) is 62.3. The highest BCUT2D eigenvalue weighted by molar-refractivity contribution is 5.91. The van der Waals surface area contributed by atoms with Gasteiger partial charge < -0.3 is 51.5 Å². The summed E-state index contributed by atoms with van der Waals surface area (Å²) in [5.41, 5.74) is 1.15. The van der Waals surface area contributed by atoms with Crippen molar-refractivity contribution < 1.29 is 54.2 Å². The molecule has 0 aliphatic rings. The first kappa shape index (κ1) is 38.6. The summed E-state index contributed by atoms with van der Waals surface area (Å²) in [6.07, 6.45) is -7.87. The second-order valence-electron chi connectivity index (χ2n) is 11.4. The molecular weight excluding hydrogens is 616 g/mol. The van der Waals surface area contributed by atoms with Gasteiger partial charge in [-0.15, -0.1) is 0 Å². The Balaban J connectivity index is 2.02. The summed E-state index contributed by atoms with van der Waals surface area (Å²) in [7, 11) is 0. The van der Waals surface area contributed by atoms with E-state index in [9.17, 15) is 49.5 Å². The molecule has 15 heteroatoms. The number of rotatable bonds is 18. The van der Waals surface area contributed by atoms with Crippen molar-refractivity contribution in [1.29, 1.82) is 0 Å². The molecule has 0 aromatic heterocycles. The largest absolute Gasteiger partial charge is 0.481 e. The van der Waals surface area contributed by atoms with E-state index in [4.69, 9.17) is 4.74 Å². The third-order valence-electron chi connectivity index (χ3n) is 7.06. The number of carboxylic acids is 1. The van der Waals surface area contributed by atoms with E-state index in [-0.39, 0.29) is 18.9 Å². The summed E-state index contributed by atoms with van der Waals surface area (Å²) in [6, 6.07) is 11.9. The molecule has 0 radical (unpaired) electrons. The van der Waals surface area contributed by atoms with Gasteiger partial charge in [-0.2, -0.15) is 0 Å². The molecule has 0 fully saturated rings. The lowest BCUT2D eigenvalue weighted by atomic mass is 9.98. The molecule has 7 atom stereocenters. The molecule has 0 unspecified atom stereocenters. The van der Waals surface area contributed by atoms with Crippen molar-refractivity contribution in [3.63, 3.8) is 0 Å². The van der Waals surface area contributed by atoms with Gasteiger partial charge in [0.25, 0.3) is 5.91 Å². The average Bonchev–Trinajstić information content (AvgIpc) is 3.04. The molecule has 0 bridgehead atoms. The Morgan fingerprint density at radius 1 is 0.745 bits per heavy atom. The first-order valence-electron chi connectivity index (χ1n) is 15.0.